The molecule has 126 valence electrons. The molecule has 1 unspecified atom stereocenters. The molecule has 1 rings (SSSR count). The van der Waals surface area contributed by atoms with Crippen LogP contribution in [0.25, 0.3) is 0 Å². The standard InChI is InChI=1S/C12H20NO8P/c1-4-20-22(18,21-5-2)8(3)10(14)6-9-11(15)19-7-13(9)12(16)17/h8-9H,4-7H2,1-3H3,(H,16,17)/t8?,9-/m1/s1. The van der Waals surface area contributed by atoms with Crippen molar-refractivity contribution in [2.75, 3.05) is 19.9 Å². The van der Waals surface area contributed by atoms with Gasteiger partial charge in [-0.25, -0.2) is 9.59 Å². The number of rotatable bonds is 8. The fourth-order valence-corrected chi connectivity index (χ4v) is 3.69. The number of Topliss-reactive ketones (excluding diaryl/α,β-unsaturated/α-hetero) is 1. The van der Waals surface area contributed by atoms with Gasteiger partial charge in [-0.3, -0.25) is 14.3 Å². The molecule has 1 fully saturated rings. The van der Waals surface area contributed by atoms with Gasteiger partial charge in [-0.15, -0.1) is 0 Å². The second-order valence-corrected chi connectivity index (χ2v) is 6.95. The third kappa shape index (κ3) is 4.06. The highest BCUT2D eigenvalue weighted by atomic mass is 31.2. The lowest BCUT2D eigenvalue weighted by atomic mass is 10.1. The van der Waals surface area contributed by atoms with Crippen LogP contribution in [0.5, 0.6) is 0 Å². The Kier molecular flexibility index (Phi) is 6.52. The highest BCUT2D eigenvalue weighted by molar-refractivity contribution is 7.55. The van der Waals surface area contributed by atoms with Gasteiger partial charge in [-0.05, 0) is 20.8 Å². The van der Waals surface area contributed by atoms with Crippen LogP contribution in [0.4, 0.5) is 4.79 Å². The lowest BCUT2D eigenvalue weighted by molar-refractivity contribution is -0.140. The predicted molar refractivity (Wildman–Crippen MR) is 74.6 cm³/mol. The lowest BCUT2D eigenvalue weighted by Gasteiger charge is -2.23. The number of carbonyl (C=O) groups is 3. The summed E-state index contributed by atoms with van der Waals surface area (Å²) >= 11 is 0. The maximum absolute atomic E-state index is 12.5. The van der Waals surface area contributed by atoms with Gasteiger partial charge in [0.05, 0.1) is 13.2 Å². The summed E-state index contributed by atoms with van der Waals surface area (Å²) in [5, 5.41) is 8.96. The van der Waals surface area contributed by atoms with Crippen LogP contribution < -0.4 is 0 Å². The van der Waals surface area contributed by atoms with Crippen LogP contribution >= 0.6 is 7.60 Å². The molecule has 0 saturated carbocycles. The number of cyclic esters (lactones) is 1. The molecular formula is C12H20NO8P. The second kappa shape index (κ2) is 7.71. The molecule has 0 bridgehead atoms. The van der Waals surface area contributed by atoms with E-state index in [1.165, 1.54) is 6.92 Å². The average molecular weight is 337 g/mol. The van der Waals surface area contributed by atoms with E-state index >= 15 is 0 Å². The van der Waals surface area contributed by atoms with Crippen molar-refractivity contribution in [1.82, 2.24) is 4.90 Å². The van der Waals surface area contributed by atoms with Crippen molar-refractivity contribution in [3.63, 3.8) is 0 Å². The average Bonchev–Trinajstić information content (AvgIpc) is 2.80. The molecule has 1 aliphatic rings. The molecule has 0 aliphatic carbocycles. The van der Waals surface area contributed by atoms with Crippen molar-refractivity contribution in [1.29, 1.82) is 0 Å². The zero-order valence-corrected chi connectivity index (χ0v) is 13.6. The lowest BCUT2D eigenvalue weighted by Crippen LogP contribution is -2.40. The van der Waals surface area contributed by atoms with Crippen molar-refractivity contribution in [3.8, 4) is 0 Å². The Bertz CT molecular complexity index is 484. The monoisotopic (exact) mass is 337 g/mol. The van der Waals surface area contributed by atoms with Crippen LogP contribution in [-0.4, -0.2) is 59.5 Å². The number of ether oxygens (including phenoxy) is 1. The Labute approximate surface area is 128 Å². The van der Waals surface area contributed by atoms with Gasteiger partial charge in [0.15, 0.2) is 6.73 Å². The number of nitrogens with zero attached hydrogens (tertiary/aromatic N) is 1. The van der Waals surface area contributed by atoms with Crippen LogP contribution in [0.15, 0.2) is 0 Å². The molecule has 0 aromatic heterocycles. The van der Waals surface area contributed by atoms with Gasteiger partial charge in [-0.1, -0.05) is 0 Å². The fourth-order valence-electron chi connectivity index (χ4n) is 1.99. The van der Waals surface area contributed by atoms with Crippen LogP contribution in [-0.2, 0) is 27.9 Å². The number of hydrogen-bond donors (Lipinski definition) is 1. The Morgan fingerprint density at radius 3 is 2.41 bits per heavy atom. The van der Waals surface area contributed by atoms with Crippen molar-refractivity contribution in [3.05, 3.63) is 0 Å². The maximum Gasteiger partial charge on any atom is 0.410 e. The molecule has 0 aromatic rings. The van der Waals surface area contributed by atoms with E-state index in [9.17, 15) is 18.9 Å². The Morgan fingerprint density at radius 2 is 1.95 bits per heavy atom. The van der Waals surface area contributed by atoms with E-state index in [-0.39, 0.29) is 13.2 Å². The van der Waals surface area contributed by atoms with Gasteiger partial charge in [0.1, 0.15) is 17.5 Å². The first kappa shape index (κ1) is 18.6. The summed E-state index contributed by atoms with van der Waals surface area (Å²) in [5.41, 5.74) is -1.10. The summed E-state index contributed by atoms with van der Waals surface area (Å²) in [6.45, 7) is 4.38. The minimum absolute atomic E-state index is 0.0988. The second-order valence-electron chi connectivity index (χ2n) is 4.58. The SMILES string of the molecule is CCOP(=O)(OCC)C(C)C(=O)C[C@@H]1C(=O)OCN1C(=O)O. The van der Waals surface area contributed by atoms with E-state index in [2.05, 4.69) is 4.74 Å². The van der Waals surface area contributed by atoms with Crippen LogP contribution in [0.1, 0.15) is 27.2 Å². The third-order valence-electron chi connectivity index (χ3n) is 3.19. The highest BCUT2D eigenvalue weighted by Gasteiger charge is 2.43. The largest absolute Gasteiger partial charge is 0.465 e. The van der Waals surface area contributed by atoms with Gasteiger partial charge in [-0.2, -0.15) is 0 Å². The summed E-state index contributed by atoms with van der Waals surface area (Å²) in [6.07, 6.45) is -1.80. The van der Waals surface area contributed by atoms with E-state index in [1.54, 1.807) is 13.8 Å². The maximum atomic E-state index is 12.5. The predicted octanol–water partition coefficient (Wildman–Crippen LogP) is 1.46. The quantitative estimate of drug-likeness (QED) is 0.522. The number of esters is 1. The van der Waals surface area contributed by atoms with Gasteiger partial charge < -0.3 is 18.9 Å². The summed E-state index contributed by atoms with van der Waals surface area (Å²) in [7, 11) is -3.65. The Morgan fingerprint density at radius 1 is 1.41 bits per heavy atom. The summed E-state index contributed by atoms with van der Waals surface area (Å²) in [6, 6.07) is -1.23. The first-order valence-corrected chi connectivity index (χ1v) is 8.45. The van der Waals surface area contributed by atoms with Crippen molar-refractivity contribution < 1.29 is 37.8 Å². The number of amides is 1. The molecule has 1 heterocycles. The van der Waals surface area contributed by atoms with E-state index in [1.807, 2.05) is 0 Å². The molecule has 10 heteroatoms. The van der Waals surface area contributed by atoms with Crippen LogP contribution in [0.2, 0.25) is 0 Å². The van der Waals surface area contributed by atoms with E-state index in [4.69, 9.17) is 14.2 Å². The number of carboxylic acid groups (broad SMARTS) is 1. The summed E-state index contributed by atoms with van der Waals surface area (Å²) < 4.78 is 27.3. The molecule has 0 radical (unpaired) electrons. The third-order valence-corrected chi connectivity index (χ3v) is 5.67. The summed E-state index contributed by atoms with van der Waals surface area (Å²) in [4.78, 5) is 35.5. The summed E-state index contributed by atoms with van der Waals surface area (Å²) in [5.74, 6) is -1.38. The Hall–Kier alpha value is -1.44. The molecule has 1 amide bonds. The normalized spacial score (nSPS) is 19.9. The topological polar surface area (TPSA) is 119 Å². The van der Waals surface area contributed by atoms with Crippen molar-refractivity contribution in [2.45, 2.75) is 38.9 Å². The minimum atomic E-state index is -3.65. The van der Waals surface area contributed by atoms with Crippen molar-refractivity contribution in [2.24, 2.45) is 0 Å². The number of ketones is 1. The smallest absolute Gasteiger partial charge is 0.410 e. The van der Waals surface area contributed by atoms with Crippen LogP contribution in [0, 0.1) is 0 Å². The molecule has 22 heavy (non-hydrogen) atoms. The first-order chi connectivity index (χ1) is 10.3. The molecule has 1 aliphatic heterocycles. The zero-order chi connectivity index (χ0) is 16.9. The van der Waals surface area contributed by atoms with E-state index < -0.39 is 50.3 Å². The van der Waals surface area contributed by atoms with Crippen molar-refractivity contribution >= 4 is 25.4 Å². The number of carbonyl (C=O) groups excluding carboxylic acids is 2. The van der Waals surface area contributed by atoms with Gasteiger partial charge >= 0.3 is 19.7 Å². The fraction of sp³-hybridized carbons (Fsp3) is 0.750. The van der Waals surface area contributed by atoms with E-state index in [0.29, 0.717) is 0 Å². The zero-order valence-electron chi connectivity index (χ0n) is 12.7. The van der Waals surface area contributed by atoms with Gasteiger partial charge in [0, 0.05) is 6.42 Å². The molecule has 0 aromatic carbocycles. The molecule has 2 atom stereocenters. The van der Waals surface area contributed by atoms with Gasteiger partial charge in [0.25, 0.3) is 0 Å². The van der Waals surface area contributed by atoms with Gasteiger partial charge in [0.2, 0.25) is 0 Å². The molecule has 0 spiro atoms. The van der Waals surface area contributed by atoms with Crippen LogP contribution in [0.3, 0.4) is 0 Å². The molecular weight excluding hydrogens is 317 g/mol. The molecule has 9 nitrogen and oxygen atoms in total. The van der Waals surface area contributed by atoms with E-state index in [0.717, 1.165) is 4.90 Å². The molecule has 1 saturated heterocycles. The highest BCUT2D eigenvalue weighted by Crippen LogP contribution is 2.53. The first-order valence-electron chi connectivity index (χ1n) is 6.84. The Balaban J connectivity index is 2.84. The molecule has 1 N–H and O–H groups in total. The minimum Gasteiger partial charge on any atom is -0.465 e. The number of hydrogen-bond acceptors (Lipinski definition) is 7.